The molecule has 0 radical (unpaired) electrons. The minimum atomic E-state index is -0.511. The third-order valence-corrected chi connectivity index (χ3v) is 3.58. The standard InChI is InChI=1S/C18H17N3O4S/c1-12-3-9-15(16(11-12)21(23)24)19-18(26)20-17(22)10-6-13-4-7-14(25-2)8-5-13/h3-11H,1-2H3,(H2,19,20,22,26)/b10-6+. The minimum Gasteiger partial charge on any atom is -0.497 e. The van der Waals surface area contributed by atoms with Crippen LogP contribution in [0.5, 0.6) is 5.75 Å². The number of amides is 1. The molecular weight excluding hydrogens is 354 g/mol. The van der Waals surface area contributed by atoms with Gasteiger partial charge in [0.05, 0.1) is 12.0 Å². The van der Waals surface area contributed by atoms with Crippen LogP contribution in [-0.4, -0.2) is 23.1 Å². The molecule has 0 aliphatic heterocycles. The number of nitro groups is 1. The summed E-state index contributed by atoms with van der Waals surface area (Å²) >= 11 is 5.04. The van der Waals surface area contributed by atoms with Crippen LogP contribution < -0.4 is 15.4 Å². The Bertz CT molecular complexity index is 863. The van der Waals surface area contributed by atoms with Crippen LogP contribution in [0.2, 0.25) is 0 Å². The van der Waals surface area contributed by atoms with Crippen LogP contribution in [0.1, 0.15) is 11.1 Å². The van der Waals surface area contributed by atoms with E-state index >= 15 is 0 Å². The number of ether oxygens (including phenoxy) is 1. The lowest BCUT2D eigenvalue weighted by atomic mass is 10.2. The zero-order chi connectivity index (χ0) is 19.1. The molecule has 0 saturated heterocycles. The first-order chi connectivity index (χ1) is 12.4. The molecule has 2 aromatic carbocycles. The number of nitro benzene ring substituents is 1. The maximum absolute atomic E-state index is 11.9. The Morgan fingerprint density at radius 2 is 1.92 bits per heavy atom. The third-order valence-electron chi connectivity index (χ3n) is 3.38. The lowest BCUT2D eigenvalue weighted by molar-refractivity contribution is -0.383. The van der Waals surface area contributed by atoms with Crippen LogP contribution in [0.3, 0.4) is 0 Å². The molecule has 7 nitrogen and oxygen atoms in total. The van der Waals surface area contributed by atoms with Crippen molar-refractivity contribution >= 4 is 40.7 Å². The molecule has 0 saturated carbocycles. The fourth-order valence-corrected chi connectivity index (χ4v) is 2.30. The van der Waals surface area contributed by atoms with E-state index in [1.807, 2.05) is 0 Å². The summed E-state index contributed by atoms with van der Waals surface area (Å²) < 4.78 is 5.06. The monoisotopic (exact) mass is 371 g/mol. The predicted molar refractivity (Wildman–Crippen MR) is 104 cm³/mol. The number of carbonyl (C=O) groups is 1. The molecule has 0 aliphatic carbocycles. The van der Waals surface area contributed by atoms with Gasteiger partial charge in [0, 0.05) is 12.1 Å². The minimum absolute atomic E-state index is 0.0265. The lowest BCUT2D eigenvalue weighted by Gasteiger charge is -2.09. The Kier molecular flexibility index (Phi) is 6.40. The first-order valence-electron chi connectivity index (χ1n) is 7.58. The van der Waals surface area contributed by atoms with Gasteiger partial charge in [-0.25, -0.2) is 0 Å². The summed E-state index contributed by atoms with van der Waals surface area (Å²) in [6.45, 7) is 1.75. The normalized spacial score (nSPS) is 10.4. The lowest BCUT2D eigenvalue weighted by Crippen LogP contribution is -2.33. The number of rotatable bonds is 5. The number of thiocarbonyl (C=S) groups is 1. The first-order valence-corrected chi connectivity index (χ1v) is 7.99. The molecule has 0 spiro atoms. The van der Waals surface area contributed by atoms with Crippen molar-refractivity contribution in [3.05, 3.63) is 69.8 Å². The summed E-state index contributed by atoms with van der Waals surface area (Å²) in [6, 6.07) is 11.8. The van der Waals surface area contributed by atoms with Gasteiger partial charge >= 0.3 is 0 Å². The van der Waals surface area contributed by atoms with Crippen molar-refractivity contribution in [2.75, 3.05) is 12.4 Å². The maximum Gasteiger partial charge on any atom is 0.292 e. The van der Waals surface area contributed by atoms with Gasteiger partial charge in [-0.1, -0.05) is 18.2 Å². The van der Waals surface area contributed by atoms with Crippen molar-refractivity contribution in [2.45, 2.75) is 6.92 Å². The van der Waals surface area contributed by atoms with E-state index in [-0.39, 0.29) is 16.5 Å². The molecule has 0 unspecified atom stereocenters. The van der Waals surface area contributed by atoms with Crippen LogP contribution in [0.15, 0.2) is 48.5 Å². The molecule has 0 fully saturated rings. The van der Waals surface area contributed by atoms with Crippen molar-refractivity contribution in [1.29, 1.82) is 0 Å². The SMILES string of the molecule is COc1ccc(/C=C/C(=O)NC(=S)Nc2ccc(C)cc2[N+](=O)[O-])cc1. The van der Waals surface area contributed by atoms with Gasteiger partial charge < -0.3 is 10.1 Å². The first kappa shape index (κ1) is 19.1. The van der Waals surface area contributed by atoms with Crippen molar-refractivity contribution in [3.8, 4) is 5.75 Å². The largest absolute Gasteiger partial charge is 0.497 e. The number of nitrogens with zero attached hydrogens (tertiary/aromatic N) is 1. The highest BCUT2D eigenvalue weighted by Gasteiger charge is 2.15. The van der Waals surface area contributed by atoms with E-state index in [2.05, 4.69) is 10.6 Å². The average molecular weight is 371 g/mol. The van der Waals surface area contributed by atoms with Crippen LogP contribution in [-0.2, 0) is 4.79 Å². The van der Waals surface area contributed by atoms with E-state index in [0.29, 0.717) is 0 Å². The van der Waals surface area contributed by atoms with Crippen LogP contribution in [0, 0.1) is 17.0 Å². The van der Waals surface area contributed by atoms with E-state index in [1.165, 1.54) is 12.1 Å². The number of anilines is 1. The van der Waals surface area contributed by atoms with Crippen LogP contribution in [0.4, 0.5) is 11.4 Å². The molecule has 1 amide bonds. The number of nitrogens with one attached hydrogen (secondary N) is 2. The molecule has 26 heavy (non-hydrogen) atoms. The van der Waals surface area contributed by atoms with E-state index in [0.717, 1.165) is 16.9 Å². The van der Waals surface area contributed by atoms with E-state index in [1.54, 1.807) is 56.5 Å². The second-order valence-electron chi connectivity index (χ2n) is 5.33. The molecule has 0 aliphatic rings. The van der Waals surface area contributed by atoms with Crippen molar-refractivity contribution in [2.24, 2.45) is 0 Å². The Balaban J connectivity index is 1.98. The average Bonchev–Trinajstić information content (AvgIpc) is 2.61. The van der Waals surface area contributed by atoms with Gasteiger partial charge in [-0.15, -0.1) is 0 Å². The van der Waals surface area contributed by atoms with Crippen molar-refractivity contribution in [3.63, 3.8) is 0 Å². The number of aryl methyl sites for hydroxylation is 1. The third kappa shape index (κ3) is 5.38. The predicted octanol–water partition coefficient (Wildman–Crippen LogP) is 3.44. The van der Waals surface area contributed by atoms with E-state index < -0.39 is 10.8 Å². The highest BCUT2D eigenvalue weighted by atomic mass is 32.1. The molecule has 8 heteroatoms. The summed E-state index contributed by atoms with van der Waals surface area (Å²) in [4.78, 5) is 22.5. The molecule has 0 aromatic heterocycles. The second-order valence-corrected chi connectivity index (χ2v) is 5.74. The van der Waals surface area contributed by atoms with Crippen molar-refractivity contribution < 1.29 is 14.5 Å². The summed E-state index contributed by atoms with van der Waals surface area (Å²) in [5.41, 5.74) is 1.66. The number of carbonyl (C=O) groups excluding carboxylic acids is 1. The second kappa shape index (κ2) is 8.72. The van der Waals surface area contributed by atoms with E-state index in [9.17, 15) is 14.9 Å². The van der Waals surface area contributed by atoms with Gasteiger partial charge in [-0.3, -0.25) is 20.2 Å². The number of benzene rings is 2. The summed E-state index contributed by atoms with van der Waals surface area (Å²) in [7, 11) is 1.57. The molecular formula is C18H17N3O4S. The fourth-order valence-electron chi connectivity index (χ4n) is 2.09. The zero-order valence-corrected chi connectivity index (χ0v) is 15.0. The number of methoxy groups -OCH3 is 1. The van der Waals surface area contributed by atoms with Gasteiger partial charge in [0.15, 0.2) is 5.11 Å². The molecule has 0 heterocycles. The molecule has 2 aromatic rings. The Morgan fingerprint density at radius 3 is 2.54 bits per heavy atom. The van der Waals surface area contributed by atoms with Gasteiger partial charge in [0.1, 0.15) is 11.4 Å². The van der Waals surface area contributed by atoms with E-state index in [4.69, 9.17) is 17.0 Å². The van der Waals surface area contributed by atoms with Gasteiger partial charge in [-0.05, 0) is 54.5 Å². The highest BCUT2D eigenvalue weighted by Crippen LogP contribution is 2.25. The Labute approximate surface area is 155 Å². The summed E-state index contributed by atoms with van der Waals surface area (Å²) in [5, 5.41) is 16.2. The maximum atomic E-state index is 11.9. The Morgan fingerprint density at radius 1 is 1.23 bits per heavy atom. The van der Waals surface area contributed by atoms with Crippen LogP contribution >= 0.6 is 12.2 Å². The summed E-state index contributed by atoms with van der Waals surface area (Å²) in [6.07, 6.45) is 2.94. The number of hydrogen-bond donors (Lipinski definition) is 2. The fraction of sp³-hybridized carbons (Fsp3) is 0.111. The topological polar surface area (TPSA) is 93.5 Å². The molecule has 0 bridgehead atoms. The van der Waals surface area contributed by atoms with Crippen molar-refractivity contribution in [1.82, 2.24) is 5.32 Å². The smallest absolute Gasteiger partial charge is 0.292 e. The molecule has 2 N–H and O–H groups in total. The summed E-state index contributed by atoms with van der Waals surface area (Å²) in [5.74, 6) is 0.268. The molecule has 0 atom stereocenters. The quantitative estimate of drug-likeness (QED) is 0.362. The highest BCUT2D eigenvalue weighted by molar-refractivity contribution is 7.80. The van der Waals surface area contributed by atoms with Gasteiger partial charge in [0.25, 0.3) is 5.69 Å². The number of hydrogen-bond acceptors (Lipinski definition) is 5. The van der Waals surface area contributed by atoms with Gasteiger partial charge in [0.2, 0.25) is 5.91 Å². The van der Waals surface area contributed by atoms with Crippen LogP contribution in [0.25, 0.3) is 6.08 Å². The molecule has 2 rings (SSSR count). The molecule has 134 valence electrons. The van der Waals surface area contributed by atoms with Gasteiger partial charge in [-0.2, -0.15) is 0 Å². The zero-order valence-electron chi connectivity index (χ0n) is 14.2. The Hall–Kier alpha value is -3.26.